The molecule has 0 saturated carbocycles. The molecule has 12 rings (SSSR count). The van der Waals surface area contributed by atoms with Crippen LogP contribution in [0.15, 0.2) is 249 Å². The maximum Gasteiger partial charge on any atom is 0.132 e. The normalized spacial score (nSPS) is 12.7. The Bertz CT molecular complexity index is 3250. The van der Waals surface area contributed by atoms with Gasteiger partial charge in [0.2, 0.25) is 0 Å². The Hall–Kier alpha value is -8.20. The first kappa shape index (κ1) is 36.6. The zero-order chi connectivity index (χ0) is 41.7. The first-order chi connectivity index (χ1) is 31.3. The van der Waals surface area contributed by atoms with Crippen LogP contribution in [0.1, 0.15) is 22.3 Å². The summed E-state index contributed by atoms with van der Waals surface area (Å²) in [5.74, 6) is 1.78. The summed E-state index contributed by atoms with van der Waals surface area (Å²) in [6.45, 7) is 0. The van der Waals surface area contributed by atoms with Gasteiger partial charge in [0.05, 0.1) is 11.1 Å². The fourth-order valence-electron chi connectivity index (χ4n) is 10.2. The first-order valence-electron chi connectivity index (χ1n) is 21.7. The maximum atomic E-state index is 6.67. The number of hydrogen-bond donors (Lipinski definition) is 0. The van der Waals surface area contributed by atoms with E-state index in [2.05, 4.69) is 254 Å². The van der Waals surface area contributed by atoms with Gasteiger partial charge in [-0.15, -0.1) is 0 Å². The molecule has 0 N–H and O–H groups in total. The van der Waals surface area contributed by atoms with Gasteiger partial charge in [-0.1, -0.05) is 200 Å². The fraction of sp³-hybridized carbons (Fsp3) is 0.0164. The predicted octanol–water partition coefficient (Wildman–Crippen LogP) is 16.3. The van der Waals surface area contributed by atoms with Gasteiger partial charge < -0.3 is 9.64 Å². The van der Waals surface area contributed by atoms with E-state index < -0.39 is 5.41 Å². The van der Waals surface area contributed by atoms with Crippen LogP contribution in [0.3, 0.4) is 0 Å². The highest BCUT2D eigenvalue weighted by Crippen LogP contribution is 2.62. The molecule has 0 radical (unpaired) electrons. The van der Waals surface area contributed by atoms with Crippen LogP contribution in [0.4, 0.5) is 17.1 Å². The van der Waals surface area contributed by atoms with Crippen molar-refractivity contribution in [2.24, 2.45) is 0 Å². The number of ether oxygens (including phenoxy) is 1. The summed E-state index contributed by atoms with van der Waals surface area (Å²) in [6.07, 6.45) is 0. The molecule has 0 fully saturated rings. The van der Waals surface area contributed by atoms with Crippen molar-refractivity contribution in [3.05, 3.63) is 271 Å². The van der Waals surface area contributed by atoms with Gasteiger partial charge in [0.25, 0.3) is 0 Å². The van der Waals surface area contributed by atoms with Gasteiger partial charge in [-0.3, -0.25) is 0 Å². The van der Waals surface area contributed by atoms with E-state index in [1.54, 1.807) is 0 Å². The van der Waals surface area contributed by atoms with Crippen LogP contribution in [0, 0.1) is 0 Å². The average molecular weight is 804 g/mol. The van der Waals surface area contributed by atoms with Crippen LogP contribution in [0.25, 0.3) is 55.6 Å². The molecule has 2 aliphatic rings. The van der Waals surface area contributed by atoms with E-state index in [1.807, 2.05) is 0 Å². The Balaban J connectivity index is 1.08. The molecule has 0 bridgehead atoms. The molecule has 2 heteroatoms. The molecular weight excluding hydrogens is 763 g/mol. The van der Waals surface area contributed by atoms with Gasteiger partial charge in [-0.2, -0.15) is 0 Å². The highest BCUT2D eigenvalue weighted by Gasteiger charge is 2.51. The lowest BCUT2D eigenvalue weighted by Crippen LogP contribution is -2.32. The summed E-state index contributed by atoms with van der Waals surface area (Å²) in [7, 11) is 0. The van der Waals surface area contributed by atoms with Crippen molar-refractivity contribution >= 4 is 17.1 Å². The van der Waals surface area contributed by atoms with Gasteiger partial charge in [-0.25, -0.2) is 0 Å². The monoisotopic (exact) mass is 803 g/mol. The van der Waals surface area contributed by atoms with Crippen LogP contribution >= 0.6 is 0 Å². The number of benzene rings is 10. The number of para-hydroxylation sites is 3. The molecule has 1 spiro atoms. The van der Waals surface area contributed by atoms with Gasteiger partial charge in [0.1, 0.15) is 11.5 Å². The van der Waals surface area contributed by atoms with Crippen molar-refractivity contribution in [3.63, 3.8) is 0 Å². The van der Waals surface area contributed by atoms with E-state index in [9.17, 15) is 0 Å². The maximum absolute atomic E-state index is 6.67. The predicted molar refractivity (Wildman–Crippen MR) is 260 cm³/mol. The summed E-state index contributed by atoms with van der Waals surface area (Å²) in [6, 6.07) is 90.1. The SMILES string of the molecule is c1ccc(-c2ccc(N(c3ccc(-c4ccccc4)c(-c4ccccc4)c3)c3ccccc3-c3ccc4c(c3)C3(c5ccccc5Oc5ccccc53)c3ccccc3-4)cc2)cc1. The molecule has 0 saturated heterocycles. The Morgan fingerprint density at radius 2 is 0.730 bits per heavy atom. The summed E-state index contributed by atoms with van der Waals surface area (Å²) >= 11 is 0. The number of hydrogen-bond acceptors (Lipinski definition) is 2. The topological polar surface area (TPSA) is 12.5 Å². The van der Waals surface area contributed by atoms with Crippen molar-refractivity contribution < 1.29 is 4.74 Å². The molecule has 296 valence electrons. The van der Waals surface area contributed by atoms with Crippen LogP contribution < -0.4 is 9.64 Å². The molecule has 10 aromatic carbocycles. The van der Waals surface area contributed by atoms with E-state index in [0.717, 1.165) is 50.8 Å². The highest BCUT2D eigenvalue weighted by atomic mass is 16.5. The van der Waals surface area contributed by atoms with Crippen LogP contribution in [-0.2, 0) is 5.41 Å². The lowest BCUT2D eigenvalue weighted by atomic mass is 9.66. The molecule has 63 heavy (non-hydrogen) atoms. The molecule has 1 heterocycles. The molecule has 0 unspecified atom stereocenters. The lowest BCUT2D eigenvalue weighted by Gasteiger charge is -2.39. The molecule has 1 aliphatic heterocycles. The molecule has 0 aromatic heterocycles. The second-order valence-corrected chi connectivity index (χ2v) is 16.4. The van der Waals surface area contributed by atoms with E-state index >= 15 is 0 Å². The van der Waals surface area contributed by atoms with Gasteiger partial charge in [-0.05, 0) is 110 Å². The molecule has 1 aliphatic carbocycles. The van der Waals surface area contributed by atoms with Crippen LogP contribution in [0.2, 0.25) is 0 Å². The van der Waals surface area contributed by atoms with E-state index in [1.165, 1.54) is 55.6 Å². The standard InChI is InChI=1S/C61H41NO/c1-4-18-42(19-5-1)43-32-35-47(36-33-43)62(48-37-39-49(44-20-6-2-7-21-44)53(41-48)45-22-8-3-9-23-45)58-29-15-11-24-50(58)46-34-38-52-51-25-10-12-26-54(51)61(57(52)40-46)55-27-13-16-30-59(55)63-60-31-17-14-28-56(60)61/h1-41H. The van der Waals surface area contributed by atoms with Gasteiger partial charge in [0.15, 0.2) is 0 Å². The van der Waals surface area contributed by atoms with E-state index in [0.29, 0.717) is 0 Å². The average Bonchev–Trinajstić information content (AvgIpc) is 3.65. The summed E-state index contributed by atoms with van der Waals surface area (Å²) in [4.78, 5) is 2.43. The van der Waals surface area contributed by atoms with Crippen LogP contribution in [-0.4, -0.2) is 0 Å². The largest absolute Gasteiger partial charge is 0.457 e. The quantitative estimate of drug-likeness (QED) is 0.159. The zero-order valence-electron chi connectivity index (χ0n) is 34.5. The van der Waals surface area contributed by atoms with Gasteiger partial charge >= 0.3 is 0 Å². The lowest BCUT2D eigenvalue weighted by molar-refractivity contribution is 0.436. The van der Waals surface area contributed by atoms with Crippen molar-refractivity contribution in [2.45, 2.75) is 5.41 Å². The minimum atomic E-state index is -0.562. The highest BCUT2D eigenvalue weighted by molar-refractivity contribution is 5.95. The number of fused-ring (bicyclic) bond motifs is 9. The first-order valence-corrected chi connectivity index (χ1v) is 21.7. The van der Waals surface area contributed by atoms with Gasteiger partial charge in [0, 0.05) is 28.1 Å². The Morgan fingerprint density at radius 3 is 1.40 bits per heavy atom. The number of rotatable bonds is 7. The third-order valence-corrected chi connectivity index (χ3v) is 13.0. The minimum absolute atomic E-state index is 0.562. The molecule has 10 aromatic rings. The van der Waals surface area contributed by atoms with Crippen molar-refractivity contribution in [1.29, 1.82) is 0 Å². The van der Waals surface area contributed by atoms with Crippen molar-refractivity contribution in [2.75, 3.05) is 4.90 Å². The summed E-state index contributed by atoms with van der Waals surface area (Å²) in [5, 5.41) is 0. The minimum Gasteiger partial charge on any atom is -0.457 e. The third kappa shape index (κ3) is 5.95. The Kier molecular flexibility index (Phi) is 8.76. The second-order valence-electron chi connectivity index (χ2n) is 16.4. The second kappa shape index (κ2) is 15.1. The van der Waals surface area contributed by atoms with E-state index in [4.69, 9.17) is 4.74 Å². The van der Waals surface area contributed by atoms with E-state index in [-0.39, 0.29) is 0 Å². The summed E-state index contributed by atoms with van der Waals surface area (Å²) in [5.41, 5.74) is 19.4. The third-order valence-electron chi connectivity index (χ3n) is 13.0. The fourth-order valence-corrected chi connectivity index (χ4v) is 10.2. The molecule has 0 atom stereocenters. The molecule has 0 amide bonds. The Labute approximate surface area is 368 Å². The van der Waals surface area contributed by atoms with Crippen molar-refractivity contribution in [3.8, 4) is 67.1 Å². The Morgan fingerprint density at radius 1 is 0.270 bits per heavy atom. The molecule has 2 nitrogen and oxygen atoms in total. The van der Waals surface area contributed by atoms with Crippen molar-refractivity contribution in [1.82, 2.24) is 0 Å². The smallest absolute Gasteiger partial charge is 0.132 e. The number of nitrogens with zero attached hydrogens (tertiary/aromatic N) is 1. The van der Waals surface area contributed by atoms with Crippen LogP contribution in [0.5, 0.6) is 11.5 Å². The molecular formula is C61H41NO. The summed E-state index contributed by atoms with van der Waals surface area (Å²) < 4.78 is 6.67. The number of anilines is 3. The zero-order valence-corrected chi connectivity index (χ0v) is 34.5.